The number of alkyl halides is 3. The molecule has 51 heavy (non-hydrogen) atoms. The second-order valence-electron chi connectivity index (χ2n) is 12.7. The van der Waals surface area contributed by atoms with E-state index in [4.69, 9.17) is 21.3 Å². The van der Waals surface area contributed by atoms with Gasteiger partial charge in [-0.3, -0.25) is 14.4 Å². The van der Waals surface area contributed by atoms with Crippen molar-refractivity contribution in [3.8, 4) is 11.5 Å². The number of carbonyl (C=O) groups is 2. The van der Waals surface area contributed by atoms with Gasteiger partial charge < -0.3 is 34.4 Å². The summed E-state index contributed by atoms with van der Waals surface area (Å²) in [6.45, 7) is 2.85. The number of ether oxygens (including phenoxy) is 1. The number of hydrogen-bond donors (Lipinski definition) is 2. The van der Waals surface area contributed by atoms with Crippen LogP contribution in [-0.4, -0.2) is 87.2 Å². The zero-order valence-electron chi connectivity index (χ0n) is 27.8. The summed E-state index contributed by atoms with van der Waals surface area (Å²) in [5.74, 6) is -0.271. The Hall–Kier alpha value is -5.12. The highest BCUT2D eigenvalue weighted by molar-refractivity contribution is 6.33. The Morgan fingerprint density at radius 1 is 1.14 bits per heavy atom. The summed E-state index contributed by atoms with van der Waals surface area (Å²) < 4.78 is 46.6. The number of nitrogens with zero attached hydrogens (tertiary/aromatic N) is 7. The Morgan fingerprint density at radius 3 is 2.55 bits per heavy atom. The average molecular weight is 727 g/mol. The van der Waals surface area contributed by atoms with Crippen molar-refractivity contribution >= 4 is 51.8 Å². The number of fused-ring (bicyclic) bond motifs is 2. The Bertz CT molecular complexity index is 2110. The van der Waals surface area contributed by atoms with Gasteiger partial charge in [0.2, 0.25) is 11.3 Å². The van der Waals surface area contributed by atoms with Gasteiger partial charge in [-0.2, -0.15) is 13.2 Å². The van der Waals surface area contributed by atoms with Crippen molar-refractivity contribution in [2.24, 2.45) is 0 Å². The SMILES string of the molecule is CCc1c(N2CCN(C(=O)c3ncc4c(c3O)CCO4)CC2)c(=O)c2nc(N(C)C3CC3)cnc2n1CC(=O)Nc1ccc(C(F)(F)F)cc1Cl. The summed E-state index contributed by atoms with van der Waals surface area (Å²) in [7, 11) is 1.88. The number of pyridine rings is 2. The van der Waals surface area contributed by atoms with E-state index in [-0.39, 0.29) is 77.5 Å². The maximum absolute atomic E-state index is 14.3. The molecule has 2 N–H and O–H groups in total. The van der Waals surface area contributed by atoms with Crippen LogP contribution in [0.3, 0.4) is 0 Å². The first-order valence-corrected chi connectivity index (χ1v) is 16.9. The highest BCUT2D eigenvalue weighted by Gasteiger charge is 2.33. The molecule has 3 aliphatic rings. The maximum atomic E-state index is 14.3. The van der Waals surface area contributed by atoms with Crippen LogP contribution in [0, 0.1) is 0 Å². The fourth-order valence-electron chi connectivity index (χ4n) is 6.61. The predicted molar refractivity (Wildman–Crippen MR) is 183 cm³/mol. The molecule has 2 aliphatic heterocycles. The summed E-state index contributed by atoms with van der Waals surface area (Å²) in [5, 5.41) is 13.1. The molecule has 3 aromatic heterocycles. The summed E-state index contributed by atoms with van der Waals surface area (Å²) in [5.41, 5.74) is 0.207. The van der Waals surface area contributed by atoms with Crippen molar-refractivity contribution in [3.63, 3.8) is 0 Å². The third kappa shape index (κ3) is 6.48. The Morgan fingerprint density at radius 2 is 1.88 bits per heavy atom. The van der Waals surface area contributed by atoms with E-state index in [1.165, 1.54) is 6.20 Å². The van der Waals surface area contributed by atoms with Crippen molar-refractivity contribution in [2.45, 2.75) is 51.4 Å². The van der Waals surface area contributed by atoms with E-state index in [0.29, 0.717) is 48.0 Å². The van der Waals surface area contributed by atoms with Gasteiger partial charge in [0.1, 0.15) is 23.8 Å². The minimum Gasteiger partial charge on any atom is -0.505 e. The van der Waals surface area contributed by atoms with E-state index in [0.717, 1.165) is 31.0 Å². The van der Waals surface area contributed by atoms with E-state index in [9.17, 15) is 32.7 Å². The van der Waals surface area contributed by atoms with Crippen LogP contribution in [0.2, 0.25) is 5.02 Å². The van der Waals surface area contributed by atoms with E-state index in [1.54, 1.807) is 15.7 Å². The molecule has 0 spiro atoms. The number of carbonyl (C=O) groups excluding carboxylic acids is 2. The van der Waals surface area contributed by atoms with Crippen LogP contribution in [0.1, 0.15) is 47.1 Å². The third-order valence-electron chi connectivity index (χ3n) is 9.50. The molecule has 1 aliphatic carbocycles. The molecule has 268 valence electrons. The molecule has 17 heteroatoms. The van der Waals surface area contributed by atoms with Gasteiger partial charge in [-0.25, -0.2) is 15.0 Å². The third-order valence-corrected chi connectivity index (χ3v) is 9.82. The highest BCUT2D eigenvalue weighted by atomic mass is 35.5. The molecular formula is C34H34ClF3N8O5. The van der Waals surface area contributed by atoms with Crippen LogP contribution in [0.5, 0.6) is 11.5 Å². The van der Waals surface area contributed by atoms with Crippen molar-refractivity contribution < 1.29 is 32.6 Å². The lowest BCUT2D eigenvalue weighted by atomic mass is 10.1. The van der Waals surface area contributed by atoms with Gasteiger partial charge in [0.15, 0.2) is 22.6 Å². The lowest BCUT2D eigenvalue weighted by Crippen LogP contribution is -2.50. The zero-order chi connectivity index (χ0) is 36.2. The largest absolute Gasteiger partial charge is 0.505 e. The molecule has 1 saturated heterocycles. The Balaban J connectivity index is 1.21. The van der Waals surface area contributed by atoms with Gasteiger partial charge in [-0.15, -0.1) is 0 Å². The first-order valence-electron chi connectivity index (χ1n) is 16.5. The van der Waals surface area contributed by atoms with Gasteiger partial charge in [0, 0.05) is 56.9 Å². The first-order chi connectivity index (χ1) is 24.3. The van der Waals surface area contributed by atoms with Crippen molar-refractivity contribution in [3.05, 3.63) is 68.4 Å². The number of amides is 2. The summed E-state index contributed by atoms with van der Waals surface area (Å²) >= 11 is 6.12. The molecule has 0 bridgehead atoms. The predicted octanol–water partition coefficient (Wildman–Crippen LogP) is 4.26. The lowest BCUT2D eigenvalue weighted by Gasteiger charge is -2.37. The number of piperazine rings is 1. The van der Waals surface area contributed by atoms with Crippen LogP contribution in [0.4, 0.5) is 30.4 Å². The number of benzene rings is 1. The number of hydrogen-bond acceptors (Lipinski definition) is 10. The molecule has 0 unspecified atom stereocenters. The molecule has 1 saturated carbocycles. The molecule has 0 radical (unpaired) electrons. The molecule has 7 rings (SSSR count). The standard InChI is InChI=1S/C34H34ClF3N8O5/c1-3-23-29(44-9-11-45(12-10-44)33(50)28-30(48)20-8-13-51-24(20)15-39-28)31(49)27-32(40-16-25(42-27)43(2)19-5-6-19)46(23)17-26(47)41-22-7-4-18(14-21(22)35)34(36,37)38/h4,7,14-16,19,48H,3,5-6,8-13,17H2,1-2H3,(H,41,47). The molecule has 2 amide bonds. The molecular weight excluding hydrogens is 693 g/mol. The van der Waals surface area contributed by atoms with Crippen LogP contribution in [-0.2, 0) is 30.4 Å². The van der Waals surface area contributed by atoms with Gasteiger partial charge in [0.25, 0.3) is 5.91 Å². The van der Waals surface area contributed by atoms with Gasteiger partial charge in [-0.1, -0.05) is 18.5 Å². The smallest absolute Gasteiger partial charge is 0.416 e. The number of aromatic nitrogens is 4. The summed E-state index contributed by atoms with van der Waals surface area (Å²) in [6, 6.07) is 2.94. The van der Waals surface area contributed by atoms with Crippen LogP contribution in [0.25, 0.3) is 11.2 Å². The van der Waals surface area contributed by atoms with E-state index in [1.807, 2.05) is 23.8 Å². The Kier molecular flexibility index (Phi) is 8.89. The number of anilines is 3. The zero-order valence-corrected chi connectivity index (χ0v) is 28.5. The highest BCUT2D eigenvalue weighted by Crippen LogP contribution is 2.36. The van der Waals surface area contributed by atoms with Crippen LogP contribution in [0.15, 0.2) is 35.4 Å². The van der Waals surface area contributed by atoms with Gasteiger partial charge in [0.05, 0.1) is 35.3 Å². The normalized spacial score (nSPS) is 15.9. The number of nitrogens with one attached hydrogen (secondary N) is 1. The topological polar surface area (TPSA) is 146 Å². The molecule has 0 atom stereocenters. The van der Waals surface area contributed by atoms with Crippen LogP contribution >= 0.6 is 11.6 Å². The van der Waals surface area contributed by atoms with Gasteiger partial charge >= 0.3 is 6.18 Å². The lowest BCUT2D eigenvalue weighted by molar-refractivity contribution is -0.137. The van der Waals surface area contributed by atoms with Crippen molar-refractivity contribution in [1.82, 2.24) is 24.4 Å². The quantitative estimate of drug-likeness (QED) is 0.270. The fourth-order valence-corrected chi connectivity index (χ4v) is 6.84. The fraction of sp³-hybridized carbons (Fsp3) is 0.412. The molecule has 4 aromatic rings. The van der Waals surface area contributed by atoms with Crippen LogP contribution < -0.4 is 25.3 Å². The second kappa shape index (κ2) is 13.2. The Labute approximate surface area is 294 Å². The first kappa shape index (κ1) is 34.3. The van der Waals surface area contributed by atoms with E-state index < -0.39 is 23.6 Å². The minimum atomic E-state index is -4.60. The maximum Gasteiger partial charge on any atom is 0.416 e. The molecule has 1 aromatic carbocycles. The average Bonchev–Trinajstić information content (AvgIpc) is 3.85. The van der Waals surface area contributed by atoms with E-state index >= 15 is 0 Å². The number of halogens is 4. The summed E-state index contributed by atoms with van der Waals surface area (Å²) in [6.07, 6.45) is 1.16. The number of rotatable bonds is 8. The minimum absolute atomic E-state index is 0.00469. The molecule has 13 nitrogen and oxygen atoms in total. The second-order valence-corrected chi connectivity index (χ2v) is 13.1. The number of aromatic hydroxyl groups is 1. The summed E-state index contributed by atoms with van der Waals surface area (Å²) in [4.78, 5) is 60.1. The van der Waals surface area contributed by atoms with Gasteiger partial charge in [-0.05, 0) is 37.5 Å². The monoisotopic (exact) mass is 726 g/mol. The molecule has 5 heterocycles. The van der Waals surface area contributed by atoms with Crippen molar-refractivity contribution in [1.29, 1.82) is 0 Å². The van der Waals surface area contributed by atoms with E-state index in [2.05, 4.69) is 15.3 Å². The van der Waals surface area contributed by atoms with Crippen molar-refractivity contribution in [2.75, 3.05) is 55.0 Å². The molecule has 2 fully saturated rings.